The van der Waals surface area contributed by atoms with Gasteiger partial charge in [-0.25, -0.2) is 4.79 Å². The fourth-order valence-electron chi connectivity index (χ4n) is 1.96. The molecule has 3 amide bonds. The molecule has 0 bridgehead atoms. The molecule has 0 spiro atoms. The number of carbonyl (C=O) groups excluding carboxylic acids is 4. The van der Waals surface area contributed by atoms with Crippen LogP contribution in [0.3, 0.4) is 0 Å². The molecular formula is C11H16N2O11S2. The fourth-order valence-corrected chi connectivity index (χ4v) is 3.31. The number of hydroxylamine groups is 2. The van der Waals surface area contributed by atoms with Crippen molar-refractivity contribution in [3.63, 3.8) is 0 Å². The average Bonchev–Trinajstić information content (AvgIpc) is 2.77. The molecule has 0 radical (unpaired) electrons. The zero-order valence-electron chi connectivity index (χ0n) is 13.3. The zero-order chi connectivity index (χ0) is 20.3. The zero-order valence-corrected chi connectivity index (χ0v) is 14.9. The van der Waals surface area contributed by atoms with Crippen molar-refractivity contribution in [3.8, 4) is 0 Å². The molecule has 0 aromatic heterocycles. The van der Waals surface area contributed by atoms with Gasteiger partial charge in [-0.15, -0.1) is 5.06 Å². The number of carbonyl (C=O) groups is 4. The molecule has 13 nitrogen and oxygen atoms in total. The maximum absolute atomic E-state index is 11.9. The molecule has 15 heteroatoms. The Morgan fingerprint density at radius 1 is 1.08 bits per heavy atom. The van der Waals surface area contributed by atoms with Crippen molar-refractivity contribution in [2.75, 3.05) is 6.54 Å². The molecule has 0 aromatic carbocycles. The van der Waals surface area contributed by atoms with Gasteiger partial charge >= 0.3 is 5.97 Å². The smallest absolute Gasteiger partial charge is 0.353 e. The minimum Gasteiger partial charge on any atom is -0.353 e. The summed E-state index contributed by atoms with van der Waals surface area (Å²) in [6.45, 7) is 0.121. The van der Waals surface area contributed by atoms with E-state index in [4.69, 9.17) is 9.11 Å². The molecule has 0 saturated carbocycles. The lowest BCUT2D eigenvalue weighted by Gasteiger charge is -2.18. The highest BCUT2D eigenvalue weighted by atomic mass is 32.2. The first-order chi connectivity index (χ1) is 11.8. The summed E-state index contributed by atoms with van der Waals surface area (Å²) >= 11 is 0. The lowest BCUT2D eigenvalue weighted by Crippen LogP contribution is -2.48. The Morgan fingerprint density at radius 3 is 1.92 bits per heavy atom. The van der Waals surface area contributed by atoms with Crippen molar-refractivity contribution < 1.29 is 50.0 Å². The molecule has 2 unspecified atom stereocenters. The first kappa shape index (κ1) is 21.9. The summed E-state index contributed by atoms with van der Waals surface area (Å²) in [4.78, 5) is 50.6. The first-order valence-electron chi connectivity index (χ1n) is 7.07. The van der Waals surface area contributed by atoms with Crippen LogP contribution in [0.1, 0.15) is 26.2 Å². The third-order valence-electron chi connectivity index (χ3n) is 3.29. The minimum absolute atomic E-state index is 0.0371. The Bertz CT molecular complexity index is 801. The fraction of sp³-hybridized carbons (Fsp3) is 0.636. The van der Waals surface area contributed by atoms with E-state index in [-0.39, 0.29) is 24.3 Å². The van der Waals surface area contributed by atoms with Crippen molar-refractivity contribution in [1.82, 2.24) is 10.4 Å². The van der Waals surface area contributed by atoms with Crippen LogP contribution in [0, 0.1) is 0 Å². The standard InChI is InChI=1S/C11H16N2O11S2/c1-2-6(25(18,19)20)10(16)12-5-7(26(21,22)23)11(17)24-13-8(14)3-4-9(13)15/h6-7H,2-5H2,1H3,(H,12,16)(H,18,19,20)(H,21,22,23). The molecule has 1 rings (SSSR count). The quantitative estimate of drug-likeness (QED) is 0.282. The van der Waals surface area contributed by atoms with Gasteiger partial charge < -0.3 is 10.2 Å². The summed E-state index contributed by atoms with van der Waals surface area (Å²) in [5, 5.41) is -2.56. The molecule has 1 saturated heterocycles. The van der Waals surface area contributed by atoms with E-state index in [1.807, 2.05) is 0 Å². The van der Waals surface area contributed by atoms with Gasteiger partial charge in [0.15, 0.2) is 5.25 Å². The van der Waals surface area contributed by atoms with Crippen LogP contribution in [0.5, 0.6) is 0 Å². The van der Waals surface area contributed by atoms with Crippen LogP contribution < -0.4 is 5.32 Å². The van der Waals surface area contributed by atoms with Gasteiger partial charge in [-0.05, 0) is 6.42 Å². The Morgan fingerprint density at radius 2 is 1.54 bits per heavy atom. The second-order valence-corrected chi connectivity index (χ2v) is 8.35. The third-order valence-corrected chi connectivity index (χ3v) is 5.64. The second-order valence-electron chi connectivity index (χ2n) is 5.15. The van der Waals surface area contributed by atoms with Crippen molar-refractivity contribution >= 4 is 43.9 Å². The van der Waals surface area contributed by atoms with Crippen molar-refractivity contribution in [1.29, 1.82) is 0 Å². The molecule has 1 heterocycles. The number of rotatable bonds is 8. The number of nitrogens with zero attached hydrogens (tertiary/aromatic N) is 1. The SMILES string of the molecule is CCC(C(=O)NCC(C(=O)ON1C(=O)CCC1=O)S(=O)(=O)O)S(=O)(=O)O. The molecule has 1 aliphatic heterocycles. The Kier molecular flexibility index (Phi) is 6.81. The van der Waals surface area contributed by atoms with Crippen molar-refractivity contribution in [2.24, 2.45) is 0 Å². The highest BCUT2D eigenvalue weighted by molar-refractivity contribution is 7.87. The van der Waals surface area contributed by atoms with Crippen LogP contribution in [-0.2, 0) is 44.3 Å². The van der Waals surface area contributed by atoms with Crippen LogP contribution in [-0.4, -0.2) is 71.7 Å². The molecule has 3 N–H and O–H groups in total. The van der Waals surface area contributed by atoms with E-state index in [2.05, 4.69) is 4.84 Å². The Hall–Kier alpha value is -2.10. The van der Waals surface area contributed by atoms with Crippen LogP contribution in [0.2, 0.25) is 0 Å². The summed E-state index contributed by atoms with van der Waals surface area (Å²) in [6, 6.07) is 0. The summed E-state index contributed by atoms with van der Waals surface area (Å²) in [5.41, 5.74) is 0. The highest BCUT2D eigenvalue weighted by Gasteiger charge is 2.40. The van der Waals surface area contributed by atoms with Crippen LogP contribution in [0.25, 0.3) is 0 Å². The lowest BCUT2D eigenvalue weighted by molar-refractivity contribution is -0.197. The number of amides is 3. The van der Waals surface area contributed by atoms with E-state index >= 15 is 0 Å². The van der Waals surface area contributed by atoms with Crippen LogP contribution >= 0.6 is 0 Å². The minimum atomic E-state index is -5.15. The van der Waals surface area contributed by atoms with E-state index in [0.29, 0.717) is 0 Å². The third kappa shape index (κ3) is 5.45. The predicted octanol–water partition coefficient (Wildman–Crippen LogP) is -2.37. The number of hydrogen-bond donors (Lipinski definition) is 3. The Labute approximate surface area is 148 Å². The van der Waals surface area contributed by atoms with Gasteiger partial charge in [-0.1, -0.05) is 6.92 Å². The molecule has 26 heavy (non-hydrogen) atoms. The number of imide groups is 1. The van der Waals surface area contributed by atoms with Crippen molar-refractivity contribution in [3.05, 3.63) is 0 Å². The molecule has 0 aromatic rings. The summed E-state index contributed by atoms with van der Waals surface area (Å²) in [7, 11) is -9.94. The van der Waals surface area contributed by atoms with Gasteiger partial charge in [0, 0.05) is 19.4 Å². The number of nitrogens with one attached hydrogen (secondary N) is 1. The topological polar surface area (TPSA) is 202 Å². The molecular weight excluding hydrogens is 400 g/mol. The molecule has 148 valence electrons. The largest absolute Gasteiger partial charge is 0.355 e. The predicted molar refractivity (Wildman–Crippen MR) is 81.2 cm³/mol. The molecule has 1 aliphatic rings. The van der Waals surface area contributed by atoms with E-state index in [9.17, 15) is 36.0 Å². The van der Waals surface area contributed by atoms with Gasteiger partial charge in [0.1, 0.15) is 0 Å². The van der Waals surface area contributed by atoms with Gasteiger partial charge in [0.05, 0.1) is 0 Å². The van der Waals surface area contributed by atoms with Gasteiger partial charge in [-0.3, -0.25) is 23.5 Å². The number of hydrogen-bond acceptors (Lipinski definition) is 9. The first-order valence-corrected chi connectivity index (χ1v) is 10.1. The highest BCUT2D eigenvalue weighted by Crippen LogP contribution is 2.14. The maximum Gasteiger partial charge on any atom is 0.355 e. The summed E-state index contributed by atoms with van der Waals surface area (Å²) in [6.07, 6.45) is -0.875. The Balaban J connectivity index is 2.88. The van der Waals surface area contributed by atoms with E-state index < -0.39 is 61.0 Å². The van der Waals surface area contributed by atoms with Gasteiger partial charge in [0.25, 0.3) is 32.1 Å². The monoisotopic (exact) mass is 416 g/mol. The molecule has 1 fully saturated rings. The van der Waals surface area contributed by atoms with Crippen molar-refractivity contribution in [2.45, 2.75) is 36.7 Å². The van der Waals surface area contributed by atoms with Crippen LogP contribution in [0.4, 0.5) is 0 Å². The summed E-state index contributed by atoms with van der Waals surface area (Å²) < 4.78 is 62.7. The second kappa shape index (κ2) is 8.07. The lowest BCUT2D eigenvalue weighted by atomic mass is 10.3. The summed E-state index contributed by atoms with van der Waals surface area (Å²) in [5.74, 6) is -4.88. The van der Waals surface area contributed by atoms with Crippen LogP contribution in [0.15, 0.2) is 0 Å². The van der Waals surface area contributed by atoms with Gasteiger partial charge in [-0.2, -0.15) is 16.8 Å². The van der Waals surface area contributed by atoms with E-state index in [1.165, 1.54) is 6.92 Å². The normalized spacial score (nSPS) is 17.7. The van der Waals surface area contributed by atoms with E-state index in [0.717, 1.165) is 0 Å². The average molecular weight is 416 g/mol. The van der Waals surface area contributed by atoms with E-state index in [1.54, 1.807) is 5.32 Å². The molecule has 2 atom stereocenters. The maximum atomic E-state index is 11.9. The van der Waals surface area contributed by atoms with Gasteiger partial charge in [0.2, 0.25) is 11.2 Å². The molecule has 0 aliphatic carbocycles.